The van der Waals surface area contributed by atoms with Crippen molar-refractivity contribution >= 4 is 17.3 Å². The second-order valence-electron chi connectivity index (χ2n) is 4.07. The van der Waals surface area contributed by atoms with Crippen LogP contribution in [0.25, 0.3) is 10.6 Å². The monoisotopic (exact) mass is 308 g/mol. The zero-order valence-corrected chi connectivity index (χ0v) is 13.1. The number of carbonyl (C=O) groups excluding carboxylic acids is 1. The number of esters is 1. The van der Waals surface area contributed by atoms with Crippen LogP contribution in [0.1, 0.15) is 22.4 Å². The third-order valence-electron chi connectivity index (χ3n) is 2.64. The lowest BCUT2D eigenvalue weighted by Crippen LogP contribution is -2.01. The Morgan fingerprint density at radius 1 is 1.29 bits per heavy atom. The smallest absolute Gasteiger partial charge is 0.351 e. The third kappa shape index (κ3) is 3.30. The lowest BCUT2D eigenvalue weighted by molar-refractivity contribution is 0.0602. The van der Waals surface area contributed by atoms with Gasteiger partial charge in [0.2, 0.25) is 5.88 Å². The van der Waals surface area contributed by atoms with Gasteiger partial charge >= 0.3 is 5.97 Å². The number of aryl methyl sites for hydroxylation is 1. The molecule has 0 N–H and O–H groups in total. The van der Waals surface area contributed by atoms with Crippen molar-refractivity contribution in [3.63, 3.8) is 0 Å². The van der Waals surface area contributed by atoms with Gasteiger partial charge in [-0.1, -0.05) is 0 Å². The molecule has 0 aromatic carbocycles. The molecule has 2 heterocycles. The van der Waals surface area contributed by atoms with Crippen LogP contribution in [-0.4, -0.2) is 36.8 Å². The van der Waals surface area contributed by atoms with Gasteiger partial charge in [0.15, 0.2) is 4.88 Å². The van der Waals surface area contributed by atoms with E-state index in [1.54, 1.807) is 26.2 Å². The molecule has 2 aromatic heterocycles. The number of hydrogen-bond donors (Lipinski definition) is 0. The molecule has 6 nitrogen and oxygen atoms in total. The van der Waals surface area contributed by atoms with Crippen LogP contribution in [0.15, 0.2) is 12.1 Å². The summed E-state index contributed by atoms with van der Waals surface area (Å²) in [5.74, 6) is 1.14. The molecule has 0 spiro atoms. The zero-order valence-electron chi connectivity index (χ0n) is 12.3. The van der Waals surface area contributed by atoms with E-state index in [1.807, 2.05) is 6.92 Å². The van der Waals surface area contributed by atoms with E-state index >= 15 is 0 Å². The van der Waals surface area contributed by atoms with Gasteiger partial charge in [-0.05, 0) is 13.8 Å². The number of thiophene rings is 1. The maximum atomic E-state index is 11.8. The van der Waals surface area contributed by atoms with Gasteiger partial charge in [0.1, 0.15) is 11.6 Å². The average molecular weight is 308 g/mol. The highest BCUT2D eigenvalue weighted by atomic mass is 32.1. The average Bonchev–Trinajstić information content (AvgIpc) is 2.90. The summed E-state index contributed by atoms with van der Waals surface area (Å²) in [6.45, 7) is 4.10. The number of methoxy groups -OCH3 is 2. The van der Waals surface area contributed by atoms with Crippen molar-refractivity contribution in [2.75, 3.05) is 20.8 Å². The molecular formula is C14H16N2O4S. The van der Waals surface area contributed by atoms with E-state index in [1.165, 1.54) is 18.4 Å². The predicted molar refractivity (Wildman–Crippen MR) is 79.1 cm³/mol. The summed E-state index contributed by atoms with van der Waals surface area (Å²) in [5.41, 5.74) is 0.681. The van der Waals surface area contributed by atoms with Crippen molar-refractivity contribution < 1.29 is 19.0 Å². The molecule has 0 saturated carbocycles. The van der Waals surface area contributed by atoms with E-state index in [-0.39, 0.29) is 0 Å². The summed E-state index contributed by atoms with van der Waals surface area (Å²) >= 11 is 1.27. The number of ether oxygens (including phenoxy) is 3. The predicted octanol–water partition coefficient (Wildman–Crippen LogP) is 2.71. The number of carbonyl (C=O) groups is 1. The highest BCUT2D eigenvalue weighted by Gasteiger charge is 2.20. The maximum absolute atomic E-state index is 11.8. The summed E-state index contributed by atoms with van der Waals surface area (Å²) in [4.78, 5) is 21.5. The number of aromatic nitrogens is 2. The molecule has 21 heavy (non-hydrogen) atoms. The maximum Gasteiger partial charge on any atom is 0.351 e. The lowest BCUT2D eigenvalue weighted by atomic mass is 10.3. The molecule has 2 aromatic rings. The Balaban J connectivity index is 2.49. The Labute approximate surface area is 126 Å². The molecule has 0 saturated heterocycles. The fraction of sp³-hybridized carbons (Fsp3) is 0.357. The molecule has 112 valence electrons. The standard InChI is InChI=1S/C14H16N2O4S/c1-5-20-10-7-11(21-13(10)14(17)19-4)9-6-12(18-3)16-8(2)15-9/h6-7H,5H2,1-4H3. The van der Waals surface area contributed by atoms with E-state index in [0.717, 1.165) is 4.88 Å². The first-order chi connectivity index (χ1) is 10.1. The molecule has 0 aliphatic carbocycles. The van der Waals surface area contributed by atoms with Gasteiger partial charge in [-0.3, -0.25) is 0 Å². The fourth-order valence-electron chi connectivity index (χ4n) is 1.77. The van der Waals surface area contributed by atoms with Crippen LogP contribution in [0.4, 0.5) is 0 Å². The molecule has 0 radical (unpaired) electrons. The van der Waals surface area contributed by atoms with E-state index in [4.69, 9.17) is 14.2 Å². The van der Waals surface area contributed by atoms with Crippen LogP contribution in [-0.2, 0) is 4.74 Å². The second-order valence-corrected chi connectivity index (χ2v) is 5.12. The first-order valence-corrected chi connectivity index (χ1v) is 7.15. The topological polar surface area (TPSA) is 70.5 Å². The van der Waals surface area contributed by atoms with E-state index < -0.39 is 5.97 Å². The summed E-state index contributed by atoms with van der Waals surface area (Å²) in [5, 5.41) is 0. The van der Waals surface area contributed by atoms with Gasteiger partial charge in [0, 0.05) is 12.1 Å². The lowest BCUT2D eigenvalue weighted by Gasteiger charge is -2.02. The Hall–Kier alpha value is -2.15. The van der Waals surface area contributed by atoms with Gasteiger partial charge in [-0.15, -0.1) is 11.3 Å². The summed E-state index contributed by atoms with van der Waals surface area (Å²) in [6, 6.07) is 3.50. The van der Waals surface area contributed by atoms with Crippen molar-refractivity contribution in [3.05, 3.63) is 22.8 Å². The molecule has 7 heteroatoms. The van der Waals surface area contributed by atoms with Crippen molar-refractivity contribution in [1.29, 1.82) is 0 Å². The molecule has 0 unspecified atom stereocenters. The number of rotatable bonds is 5. The van der Waals surface area contributed by atoms with Gasteiger partial charge in [0.05, 0.1) is 31.4 Å². The van der Waals surface area contributed by atoms with Crippen molar-refractivity contribution in [2.24, 2.45) is 0 Å². The molecule has 0 bridgehead atoms. The quantitative estimate of drug-likeness (QED) is 0.791. The molecule has 2 rings (SSSR count). The van der Waals surface area contributed by atoms with Crippen molar-refractivity contribution in [3.8, 4) is 22.2 Å². The second kappa shape index (κ2) is 6.53. The van der Waals surface area contributed by atoms with Crippen LogP contribution < -0.4 is 9.47 Å². The Morgan fingerprint density at radius 2 is 2.05 bits per heavy atom. The Morgan fingerprint density at radius 3 is 2.67 bits per heavy atom. The van der Waals surface area contributed by atoms with Crippen LogP contribution in [0, 0.1) is 6.92 Å². The normalized spacial score (nSPS) is 10.3. The molecular weight excluding hydrogens is 292 g/mol. The molecule has 0 atom stereocenters. The summed E-state index contributed by atoms with van der Waals surface area (Å²) in [7, 11) is 2.89. The largest absolute Gasteiger partial charge is 0.492 e. The summed E-state index contributed by atoms with van der Waals surface area (Å²) < 4.78 is 15.4. The SMILES string of the molecule is CCOc1cc(-c2cc(OC)nc(C)n2)sc1C(=O)OC. The van der Waals surface area contributed by atoms with E-state index in [0.29, 0.717) is 34.6 Å². The minimum absolute atomic E-state index is 0.421. The molecule has 0 amide bonds. The fourth-order valence-corrected chi connectivity index (χ4v) is 2.75. The van der Waals surface area contributed by atoms with Crippen LogP contribution >= 0.6 is 11.3 Å². The minimum Gasteiger partial charge on any atom is -0.492 e. The molecule has 0 fully saturated rings. The third-order valence-corrected chi connectivity index (χ3v) is 3.76. The minimum atomic E-state index is -0.424. The zero-order chi connectivity index (χ0) is 15.4. The van der Waals surface area contributed by atoms with E-state index in [2.05, 4.69) is 9.97 Å². The molecule has 0 aliphatic heterocycles. The Kier molecular flexibility index (Phi) is 4.74. The van der Waals surface area contributed by atoms with Gasteiger partial charge in [-0.2, -0.15) is 4.98 Å². The van der Waals surface area contributed by atoms with Crippen molar-refractivity contribution in [2.45, 2.75) is 13.8 Å². The van der Waals surface area contributed by atoms with Gasteiger partial charge in [0.25, 0.3) is 0 Å². The van der Waals surface area contributed by atoms with Gasteiger partial charge in [-0.25, -0.2) is 9.78 Å². The van der Waals surface area contributed by atoms with Crippen LogP contribution in [0.3, 0.4) is 0 Å². The summed E-state index contributed by atoms with van der Waals surface area (Å²) in [6.07, 6.45) is 0. The van der Waals surface area contributed by atoms with E-state index in [9.17, 15) is 4.79 Å². The van der Waals surface area contributed by atoms with Crippen LogP contribution in [0.5, 0.6) is 11.6 Å². The first-order valence-electron chi connectivity index (χ1n) is 6.34. The number of hydrogen-bond acceptors (Lipinski definition) is 7. The molecule has 0 aliphatic rings. The first kappa shape index (κ1) is 15.2. The Bertz CT molecular complexity index is 654. The highest BCUT2D eigenvalue weighted by Crippen LogP contribution is 2.36. The number of nitrogens with zero attached hydrogens (tertiary/aromatic N) is 2. The van der Waals surface area contributed by atoms with Crippen molar-refractivity contribution in [1.82, 2.24) is 9.97 Å². The van der Waals surface area contributed by atoms with Crippen LogP contribution in [0.2, 0.25) is 0 Å². The van der Waals surface area contributed by atoms with Gasteiger partial charge < -0.3 is 14.2 Å². The highest BCUT2D eigenvalue weighted by molar-refractivity contribution is 7.17.